The smallest absolute Gasteiger partial charge is 0.226 e. The molecule has 31 heavy (non-hydrogen) atoms. The standard InChI is InChI=1S/C21H26FN7O2/c1-10-3-4-11(9-28(10)20(30)12-5-13(23)6-12)18-26-19-14-7-15(22)17(31-2)8-16(14)25-21(24)29(19)27-18/h7-8,10-13H,3-6,9,23H2,1-2H3,(H2,24,25)/t10-,11+,12?,13?/m0/s1. The molecule has 164 valence electrons. The van der Waals surface area contributed by atoms with Gasteiger partial charge in [0, 0.05) is 41.9 Å². The molecule has 1 aliphatic carbocycles. The predicted octanol–water partition coefficient (Wildman–Crippen LogP) is 1.84. The zero-order valence-electron chi connectivity index (χ0n) is 17.6. The molecule has 0 radical (unpaired) electrons. The summed E-state index contributed by atoms with van der Waals surface area (Å²) in [6.45, 7) is 2.63. The minimum atomic E-state index is -0.505. The number of fused-ring (bicyclic) bond motifs is 3. The van der Waals surface area contributed by atoms with E-state index in [1.54, 1.807) is 0 Å². The zero-order chi connectivity index (χ0) is 21.9. The number of nitrogen functional groups attached to an aromatic ring is 1. The number of nitrogens with two attached hydrogens (primary N) is 2. The van der Waals surface area contributed by atoms with Crippen molar-refractivity contribution in [3.05, 3.63) is 23.8 Å². The zero-order valence-corrected chi connectivity index (χ0v) is 17.6. The van der Waals surface area contributed by atoms with Gasteiger partial charge in [-0.15, -0.1) is 5.10 Å². The average molecular weight is 427 g/mol. The average Bonchev–Trinajstić information content (AvgIpc) is 3.18. The van der Waals surface area contributed by atoms with E-state index in [-0.39, 0.29) is 41.5 Å². The van der Waals surface area contributed by atoms with Gasteiger partial charge in [-0.1, -0.05) is 0 Å². The van der Waals surface area contributed by atoms with Crippen LogP contribution < -0.4 is 16.2 Å². The summed E-state index contributed by atoms with van der Waals surface area (Å²) in [7, 11) is 1.40. The fourth-order valence-corrected chi connectivity index (χ4v) is 4.70. The number of hydrogen-bond donors (Lipinski definition) is 2. The fraction of sp³-hybridized carbons (Fsp3) is 0.524. The van der Waals surface area contributed by atoms with Gasteiger partial charge in [0.25, 0.3) is 0 Å². The highest BCUT2D eigenvalue weighted by Gasteiger charge is 2.39. The van der Waals surface area contributed by atoms with Gasteiger partial charge in [-0.25, -0.2) is 14.4 Å². The molecule has 2 aliphatic rings. The van der Waals surface area contributed by atoms with Crippen molar-refractivity contribution >= 4 is 28.4 Å². The summed E-state index contributed by atoms with van der Waals surface area (Å²) in [6, 6.07) is 3.15. The third kappa shape index (κ3) is 3.25. The number of likely N-dealkylation sites (tertiary alicyclic amines) is 1. The molecule has 1 amide bonds. The number of ether oxygens (including phenoxy) is 1. The van der Waals surface area contributed by atoms with Gasteiger partial charge in [-0.2, -0.15) is 4.52 Å². The first-order valence-corrected chi connectivity index (χ1v) is 10.6. The third-order valence-electron chi connectivity index (χ3n) is 6.64. The molecule has 4 N–H and O–H groups in total. The van der Waals surface area contributed by atoms with Crippen LogP contribution in [-0.4, -0.2) is 56.1 Å². The second-order valence-corrected chi connectivity index (χ2v) is 8.72. The Hall–Kier alpha value is -3.01. The summed E-state index contributed by atoms with van der Waals surface area (Å²) in [5.41, 5.74) is 12.9. The Morgan fingerprint density at radius 3 is 2.74 bits per heavy atom. The fourth-order valence-electron chi connectivity index (χ4n) is 4.70. The van der Waals surface area contributed by atoms with Crippen LogP contribution in [0.2, 0.25) is 0 Å². The maximum atomic E-state index is 14.3. The summed E-state index contributed by atoms with van der Waals surface area (Å²) in [5.74, 6) is 0.508. The first kappa shape index (κ1) is 19.9. The molecule has 1 saturated carbocycles. The summed E-state index contributed by atoms with van der Waals surface area (Å²) in [6.07, 6.45) is 3.23. The van der Waals surface area contributed by atoms with Crippen molar-refractivity contribution in [2.75, 3.05) is 19.4 Å². The van der Waals surface area contributed by atoms with Crippen LogP contribution in [0.4, 0.5) is 10.3 Å². The van der Waals surface area contributed by atoms with Crippen LogP contribution >= 0.6 is 0 Å². The Morgan fingerprint density at radius 2 is 2.03 bits per heavy atom. The molecular formula is C21H26FN7O2. The van der Waals surface area contributed by atoms with Crippen molar-refractivity contribution in [3.63, 3.8) is 0 Å². The highest BCUT2D eigenvalue weighted by molar-refractivity contribution is 5.93. The second kappa shape index (κ2) is 7.30. The first-order valence-electron chi connectivity index (χ1n) is 10.6. The highest BCUT2D eigenvalue weighted by Crippen LogP contribution is 2.35. The van der Waals surface area contributed by atoms with Crippen molar-refractivity contribution < 1.29 is 13.9 Å². The van der Waals surface area contributed by atoms with Crippen LogP contribution in [0.3, 0.4) is 0 Å². The maximum absolute atomic E-state index is 14.3. The van der Waals surface area contributed by atoms with Crippen LogP contribution in [0, 0.1) is 11.7 Å². The summed E-state index contributed by atoms with van der Waals surface area (Å²) >= 11 is 0. The van der Waals surface area contributed by atoms with Crippen LogP contribution in [0.5, 0.6) is 5.75 Å². The Balaban J connectivity index is 1.49. The molecule has 9 nitrogen and oxygen atoms in total. The van der Waals surface area contributed by atoms with Gasteiger partial charge in [0.1, 0.15) is 0 Å². The van der Waals surface area contributed by atoms with Crippen molar-refractivity contribution in [1.29, 1.82) is 0 Å². The molecule has 0 spiro atoms. The molecule has 5 rings (SSSR count). The summed E-state index contributed by atoms with van der Waals surface area (Å²) in [4.78, 5) is 23.9. The minimum absolute atomic E-state index is 0.0203. The van der Waals surface area contributed by atoms with Crippen molar-refractivity contribution in [1.82, 2.24) is 24.5 Å². The van der Waals surface area contributed by atoms with E-state index < -0.39 is 5.82 Å². The van der Waals surface area contributed by atoms with Crippen molar-refractivity contribution in [2.45, 2.75) is 50.6 Å². The molecule has 1 aromatic carbocycles. The van der Waals surface area contributed by atoms with Crippen LogP contribution in [-0.2, 0) is 4.79 Å². The van der Waals surface area contributed by atoms with Gasteiger partial charge < -0.3 is 21.1 Å². The topological polar surface area (TPSA) is 125 Å². The van der Waals surface area contributed by atoms with Gasteiger partial charge in [0.05, 0.1) is 12.6 Å². The third-order valence-corrected chi connectivity index (χ3v) is 6.64. The number of carbonyl (C=O) groups excluding carboxylic acids is 1. The summed E-state index contributed by atoms with van der Waals surface area (Å²) in [5, 5.41) is 5.08. The normalized spacial score (nSPS) is 26.3. The van der Waals surface area contributed by atoms with Gasteiger partial charge in [-0.3, -0.25) is 4.79 Å². The van der Waals surface area contributed by atoms with Crippen molar-refractivity contribution in [2.24, 2.45) is 11.7 Å². The molecule has 2 fully saturated rings. The van der Waals surface area contributed by atoms with Crippen molar-refractivity contribution in [3.8, 4) is 5.75 Å². The Bertz CT molecular complexity index is 1170. The molecule has 2 aromatic heterocycles. The maximum Gasteiger partial charge on any atom is 0.226 e. The lowest BCUT2D eigenvalue weighted by Crippen LogP contribution is -2.52. The lowest BCUT2D eigenvalue weighted by molar-refractivity contribution is -0.142. The van der Waals surface area contributed by atoms with E-state index in [1.165, 1.54) is 23.8 Å². The minimum Gasteiger partial charge on any atom is -0.494 e. The van der Waals surface area contributed by atoms with E-state index in [2.05, 4.69) is 17.0 Å². The molecular weight excluding hydrogens is 401 g/mol. The number of carbonyl (C=O) groups is 1. The monoisotopic (exact) mass is 427 g/mol. The lowest BCUT2D eigenvalue weighted by Gasteiger charge is -2.42. The van der Waals surface area contributed by atoms with E-state index in [9.17, 15) is 9.18 Å². The number of hydrogen-bond acceptors (Lipinski definition) is 7. The Labute approximate surface area is 178 Å². The number of amides is 1. The molecule has 1 saturated heterocycles. The summed E-state index contributed by atoms with van der Waals surface area (Å²) < 4.78 is 20.8. The number of anilines is 1. The SMILES string of the molecule is COc1cc2nc(N)n3nc([C@@H]4CC[C@H](C)N(C(=O)C5CC(N)C5)C4)nc3c2cc1F. The number of rotatable bonds is 3. The van der Waals surface area contributed by atoms with Gasteiger partial charge in [-0.05, 0) is 38.7 Å². The van der Waals surface area contributed by atoms with E-state index in [0.717, 1.165) is 25.7 Å². The number of nitrogens with zero attached hydrogens (tertiary/aromatic N) is 5. The number of aromatic nitrogens is 4. The first-order chi connectivity index (χ1) is 14.9. The largest absolute Gasteiger partial charge is 0.494 e. The number of methoxy groups -OCH3 is 1. The number of halogens is 1. The van der Waals surface area contributed by atoms with E-state index >= 15 is 0 Å². The molecule has 0 bridgehead atoms. The van der Waals surface area contributed by atoms with Gasteiger partial charge >= 0.3 is 0 Å². The molecule has 1 aliphatic heterocycles. The molecule has 2 atom stereocenters. The van der Waals surface area contributed by atoms with Gasteiger partial charge in [0.2, 0.25) is 11.9 Å². The van der Waals surface area contributed by atoms with E-state index in [1.807, 2.05) is 4.90 Å². The van der Waals surface area contributed by atoms with Crippen LogP contribution in [0.15, 0.2) is 12.1 Å². The molecule has 0 unspecified atom stereocenters. The van der Waals surface area contributed by atoms with Crippen LogP contribution in [0.1, 0.15) is 44.3 Å². The molecule has 3 aromatic rings. The Morgan fingerprint density at radius 1 is 1.26 bits per heavy atom. The highest BCUT2D eigenvalue weighted by atomic mass is 19.1. The second-order valence-electron chi connectivity index (χ2n) is 8.72. The van der Waals surface area contributed by atoms with Gasteiger partial charge in [0.15, 0.2) is 23.0 Å². The number of piperidine rings is 1. The Kier molecular flexibility index (Phi) is 4.69. The predicted molar refractivity (Wildman–Crippen MR) is 113 cm³/mol. The number of benzene rings is 1. The van der Waals surface area contributed by atoms with E-state index in [4.69, 9.17) is 21.2 Å². The lowest BCUT2D eigenvalue weighted by atomic mass is 9.79. The molecule has 3 heterocycles. The quantitative estimate of drug-likeness (QED) is 0.653. The van der Waals surface area contributed by atoms with E-state index in [0.29, 0.717) is 28.9 Å². The van der Waals surface area contributed by atoms with Crippen LogP contribution in [0.25, 0.3) is 16.6 Å². The molecule has 10 heteroatoms.